The molecule has 0 fully saturated rings. The molecule has 0 aliphatic rings. The Bertz CT molecular complexity index is 1870. The van der Waals surface area contributed by atoms with E-state index >= 15 is 0 Å². The van der Waals surface area contributed by atoms with Gasteiger partial charge >= 0.3 is 0 Å². The zero-order chi connectivity index (χ0) is 25.3. The Balaban J connectivity index is 1.28. The minimum absolute atomic E-state index is 0.912. The van der Waals surface area contributed by atoms with Gasteiger partial charge in [0.05, 0.1) is 0 Å². The lowest BCUT2D eigenvalue weighted by Gasteiger charge is -2.15. The SMILES string of the molecule is c1ccc(-c2ccc(Nc3ccc(-c4ccc5oc6ccccc6c5c4)cc3-c3ccccc3)cc2)cc1. The zero-order valence-electron chi connectivity index (χ0n) is 20.8. The summed E-state index contributed by atoms with van der Waals surface area (Å²) in [5, 5.41) is 5.95. The maximum absolute atomic E-state index is 6.05. The minimum Gasteiger partial charge on any atom is -0.456 e. The van der Waals surface area contributed by atoms with Crippen LogP contribution in [0.4, 0.5) is 11.4 Å². The van der Waals surface area contributed by atoms with E-state index in [-0.39, 0.29) is 0 Å². The van der Waals surface area contributed by atoms with Crippen LogP contribution in [0.1, 0.15) is 0 Å². The van der Waals surface area contributed by atoms with E-state index in [1.54, 1.807) is 0 Å². The van der Waals surface area contributed by atoms with Crippen molar-refractivity contribution in [2.24, 2.45) is 0 Å². The molecule has 1 heterocycles. The van der Waals surface area contributed by atoms with Crippen molar-refractivity contribution in [3.8, 4) is 33.4 Å². The van der Waals surface area contributed by atoms with E-state index < -0.39 is 0 Å². The summed E-state index contributed by atoms with van der Waals surface area (Å²) in [6, 6.07) is 51.0. The van der Waals surface area contributed by atoms with Crippen molar-refractivity contribution < 1.29 is 4.42 Å². The Labute approximate surface area is 221 Å². The first-order valence-corrected chi connectivity index (χ1v) is 12.9. The molecule has 7 rings (SSSR count). The van der Waals surface area contributed by atoms with Gasteiger partial charge in [0.15, 0.2) is 0 Å². The zero-order valence-corrected chi connectivity index (χ0v) is 20.8. The van der Waals surface area contributed by atoms with Gasteiger partial charge in [-0.3, -0.25) is 0 Å². The average Bonchev–Trinajstić information content (AvgIpc) is 3.37. The van der Waals surface area contributed by atoms with Crippen molar-refractivity contribution in [2.75, 3.05) is 5.32 Å². The van der Waals surface area contributed by atoms with Gasteiger partial charge in [-0.1, -0.05) is 103 Å². The summed E-state index contributed by atoms with van der Waals surface area (Å²) >= 11 is 0. The van der Waals surface area contributed by atoms with Crippen LogP contribution in [0.5, 0.6) is 0 Å². The van der Waals surface area contributed by atoms with Gasteiger partial charge < -0.3 is 9.73 Å². The summed E-state index contributed by atoms with van der Waals surface area (Å²) < 4.78 is 6.05. The largest absolute Gasteiger partial charge is 0.456 e. The number of furan rings is 1. The molecule has 0 amide bonds. The molecule has 0 saturated carbocycles. The third-order valence-corrected chi connectivity index (χ3v) is 7.09. The van der Waals surface area contributed by atoms with E-state index in [4.69, 9.17) is 4.42 Å². The summed E-state index contributed by atoms with van der Waals surface area (Å²) in [6.07, 6.45) is 0. The van der Waals surface area contributed by atoms with E-state index in [1.165, 1.54) is 27.8 Å². The van der Waals surface area contributed by atoms with Crippen molar-refractivity contribution in [1.82, 2.24) is 0 Å². The topological polar surface area (TPSA) is 25.2 Å². The van der Waals surface area contributed by atoms with E-state index in [0.29, 0.717) is 0 Å². The molecule has 0 atom stereocenters. The van der Waals surface area contributed by atoms with E-state index in [1.807, 2.05) is 18.2 Å². The molecule has 180 valence electrons. The third-order valence-electron chi connectivity index (χ3n) is 7.09. The van der Waals surface area contributed by atoms with Gasteiger partial charge in [-0.2, -0.15) is 0 Å². The molecule has 38 heavy (non-hydrogen) atoms. The average molecular weight is 488 g/mol. The predicted octanol–water partition coefficient (Wildman–Crippen LogP) is 10.3. The number of hydrogen-bond donors (Lipinski definition) is 1. The van der Waals surface area contributed by atoms with Crippen LogP contribution in [-0.4, -0.2) is 0 Å². The minimum atomic E-state index is 0.912. The second kappa shape index (κ2) is 9.42. The van der Waals surface area contributed by atoms with Crippen molar-refractivity contribution in [2.45, 2.75) is 0 Å². The summed E-state index contributed by atoms with van der Waals surface area (Å²) in [5.41, 5.74) is 11.1. The van der Waals surface area contributed by atoms with Gasteiger partial charge in [0.2, 0.25) is 0 Å². The fraction of sp³-hybridized carbons (Fsp3) is 0. The molecule has 0 radical (unpaired) electrons. The smallest absolute Gasteiger partial charge is 0.135 e. The molecule has 6 aromatic carbocycles. The van der Waals surface area contributed by atoms with Crippen molar-refractivity contribution in [3.05, 3.63) is 146 Å². The third kappa shape index (κ3) is 4.12. The first-order chi connectivity index (χ1) is 18.8. The second-order valence-electron chi connectivity index (χ2n) is 9.50. The van der Waals surface area contributed by atoms with Crippen LogP contribution in [0, 0.1) is 0 Å². The number of rotatable bonds is 5. The molecule has 0 bridgehead atoms. The van der Waals surface area contributed by atoms with Crippen LogP contribution in [-0.2, 0) is 0 Å². The molecule has 1 aromatic heterocycles. The summed E-state index contributed by atoms with van der Waals surface area (Å²) in [5.74, 6) is 0. The van der Waals surface area contributed by atoms with Crippen LogP contribution in [0.2, 0.25) is 0 Å². The van der Waals surface area contributed by atoms with Gasteiger partial charge in [0.1, 0.15) is 11.2 Å². The van der Waals surface area contributed by atoms with Gasteiger partial charge in [0.25, 0.3) is 0 Å². The van der Waals surface area contributed by atoms with Crippen LogP contribution < -0.4 is 5.32 Å². The monoisotopic (exact) mass is 487 g/mol. The van der Waals surface area contributed by atoms with Crippen LogP contribution in [0.25, 0.3) is 55.3 Å². The number of para-hydroxylation sites is 1. The number of anilines is 2. The Kier molecular flexibility index (Phi) is 5.49. The summed E-state index contributed by atoms with van der Waals surface area (Å²) in [7, 11) is 0. The molecule has 0 spiro atoms. The number of hydrogen-bond acceptors (Lipinski definition) is 2. The lowest BCUT2D eigenvalue weighted by Crippen LogP contribution is -1.94. The Morgan fingerprint density at radius 3 is 1.76 bits per heavy atom. The molecule has 1 N–H and O–H groups in total. The maximum atomic E-state index is 6.05. The van der Waals surface area contributed by atoms with Gasteiger partial charge in [-0.15, -0.1) is 0 Å². The first kappa shape index (κ1) is 22.1. The normalized spacial score (nSPS) is 11.2. The van der Waals surface area contributed by atoms with E-state index in [9.17, 15) is 0 Å². The van der Waals surface area contributed by atoms with Gasteiger partial charge in [-0.25, -0.2) is 0 Å². The van der Waals surface area contributed by atoms with Gasteiger partial charge in [-0.05, 0) is 70.3 Å². The van der Waals surface area contributed by atoms with Crippen molar-refractivity contribution >= 4 is 33.3 Å². The molecular weight excluding hydrogens is 462 g/mol. The first-order valence-electron chi connectivity index (χ1n) is 12.9. The Morgan fingerprint density at radius 2 is 0.974 bits per heavy atom. The number of nitrogens with one attached hydrogen (secondary N) is 1. The highest BCUT2D eigenvalue weighted by Gasteiger charge is 2.12. The molecule has 0 aliphatic carbocycles. The lowest BCUT2D eigenvalue weighted by atomic mass is 9.96. The molecule has 0 saturated heterocycles. The molecule has 7 aromatic rings. The highest BCUT2D eigenvalue weighted by Crippen LogP contribution is 2.37. The van der Waals surface area contributed by atoms with E-state index in [2.05, 4.69) is 133 Å². The van der Waals surface area contributed by atoms with E-state index in [0.717, 1.165) is 38.9 Å². The quantitative estimate of drug-likeness (QED) is 0.261. The maximum Gasteiger partial charge on any atom is 0.135 e. The standard InChI is InChI=1S/C36H25NO/c1-3-9-25(10-4-1)26-15-19-30(20-16-26)37-34-21-17-28(23-32(34)27-11-5-2-6-12-27)29-18-22-36-33(24-29)31-13-7-8-14-35(31)38-36/h1-24,37H. The number of fused-ring (bicyclic) bond motifs is 3. The molecular formula is C36H25NO. The molecule has 0 unspecified atom stereocenters. The predicted molar refractivity (Wildman–Crippen MR) is 160 cm³/mol. The second-order valence-corrected chi connectivity index (χ2v) is 9.50. The number of benzene rings is 6. The van der Waals surface area contributed by atoms with Crippen molar-refractivity contribution in [1.29, 1.82) is 0 Å². The molecule has 0 aliphatic heterocycles. The lowest BCUT2D eigenvalue weighted by molar-refractivity contribution is 0.669. The fourth-order valence-electron chi connectivity index (χ4n) is 5.13. The Hall–Kier alpha value is -5.08. The summed E-state index contributed by atoms with van der Waals surface area (Å²) in [4.78, 5) is 0. The van der Waals surface area contributed by atoms with Crippen LogP contribution >= 0.6 is 0 Å². The van der Waals surface area contributed by atoms with Crippen LogP contribution in [0.3, 0.4) is 0 Å². The summed E-state index contributed by atoms with van der Waals surface area (Å²) in [6.45, 7) is 0. The highest BCUT2D eigenvalue weighted by atomic mass is 16.3. The van der Waals surface area contributed by atoms with Crippen LogP contribution in [0.15, 0.2) is 150 Å². The fourth-order valence-corrected chi connectivity index (χ4v) is 5.13. The highest BCUT2D eigenvalue weighted by molar-refractivity contribution is 6.06. The Morgan fingerprint density at radius 1 is 0.395 bits per heavy atom. The molecule has 2 heteroatoms. The van der Waals surface area contributed by atoms with Gasteiger partial charge in [0, 0.05) is 27.7 Å². The molecule has 2 nitrogen and oxygen atoms in total. The van der Waals surface area contributed by atoms with Crippen molar-refractivity contribution in [3.63, 3.8) is 0 Å².